The molecule has 0 unspecified atom stereocenters. The highest BCUT2D eigenvalue weighted by atomic mass is 16.5. The van der Waals surface area contributed by atoms with Crippen molar-refractivity contribution in [3.8, 4) is 11.4 Å². The summed E-state index contributed by atoms with van der Waals surface area (Å²) in [5.74, 6) is 1.92. The van der Waals surface area contributed by atoms with E-state index in [0.717, 1.165) is 37.4 Å². The first kappa shape index (κ1) is 18.1. The molecule has 3 heterocycles. The largest absolute Gasteiger partial charge is 0.355 e. The molecule has 0 atom stereocenters. The summed E-state index contributed by atoms with van der Waals surface area (Å²) in [6, 6.07) is 11.5. The van der Waals surface area contributed by atoms with Crippen molar-refractivity contribution in [3.63, 3.8) is 0 Å². The van der Waals surface area contributed by atoms with Crippen molar-refractivity contribution < 1.29 is 9.32 Å². The van der Waals surface area contributed by atoms with Gasteiger partial charge in [-0.3, -0.25) is 4.79 Å². The molecule has 1 aliphatic rings. The lowest BCUT2D eigenvalue weighted by atomic mass is 9.96. The van der Waals surface area contributed by atoms with Gasteiger partial charge in [0.25, 0.3) is 0 Å². The molecule has 144 valence electrons. The summed E-state index contributed by atoms with van der Waals surface area (Å²) in [5, 5.41) is 6.98. The Kier molecular flexibility index (Phi) is 5.56. The van der Waals surface area contributed by atoms with Gasteiger partial charge in [-0.1, -0.05) is 35.5 Å². The van der Waals surface area contributed by atoms with Gasteiger partial charge in [0.15, 0.2) is 0 Å². The third-order valence-corrected chi connectivity index (χ3v) is 4.84. The summed E-state index contributed by atoms with van der Waals surface area (Å²) in [4.78, 5) is 27.5. The molecule has 1 N–H and O–H groups in total. The SMILES string of the molecule is O=C(NCCc1nc(-c2ccccc2)no1)C1CCN(c2ncccn2)CC1. The van der Waals surface area contributed by atoms with Gasteiger partial charge in [-0.15, -0.1) is 0 Å². The molecule has 8 heteroatoms. The number of carbonyl (C=O) groups excluding carboxylic acids is 1. The topological polar surface area (TPSA) is 97.0 Å². The molecule has 28 heavy (non-hydrogen) atoms. The average molecular weight is 378 g/mol. The lowest BCUT2D eigenvalue weighted by Gasteiger charge is -2.31. The number of aromatic nitrogens is 4. The van der Waals surface area contributed by atoms with Gasteiger partial charge in [0, 0.05) is 49.9 Å². The molecular weight excluding hydrogens is 356 g/mol. The van der Waals surface area contributed by atoms with Gasteiger partial charge >= 0.3 is 0 Å². The van der Waals surface area contributed by atoms with E-state index in [0.29, 0.717) is 24.7 Å². The third kappa shape index (κ3) is 4.33. The van der Waals surface area contributed by atoms with Crippen molar-refractivity contribution in [2.75, 3.05) is 24.5 Å². The number of nitrogens with zero attached hydrogens (tertiary/aromatic N) is 5. The van der Waals surface area contributed by atoms with Crippen LogP contribution >= 0.6 is 0 Å². The maximum Gasteiger partial charge on any atom is 0.228 e. The standard InChI is InChI=1S/C20H22N6O2/c27-19(16-8-13-26(14-9-16)20-22-10-4-11-23-20)21-12-7-17-24-18(25-28-17)15-5-2-1-3-6-15/h1-6,10-11,16H,7-9,12-14H2,(H,21,27). The first-order valence-corrected chi connectivity index (χ1v) is 9.47. The van der Waals surface area contributed by atoms with Gasteiger partial charge in [-0.25, -0.2) is 9.97 Å². The molecule has 0 bridgehead atoms. The number of amides is 1. The number of nitrogens with one attached hydrogen (secondary N) is 1. The second-order valence-electron chi connectivity index (χ2n) is 6.73. The van der Waals surface area contributed by atoms with Crippen molar-refractivity contribution in [2.45, 2.75) is 19.3 Å². The van der Waals surface area contributed by atoms with Crippen molar-refractivity contribution in [2.24, 2.45) is 5.92 Å². The van der Waals surface area contributed by atoms with Gasteiger partial charge in [-0.2, -0.15) is 4.98 Å². The van der Waals surface area contributed by atoms with E-state index in [4.69, 9.17) is 4.52 Å². The highest BCUT2D eigenvalue weighted by molar-refractivity contribution is 5.78. The predicted molar refractivity (Wildman–Crippen MR) is 103 cm³/mol. The number of hydrogen-bond donors (Lipinski definition) is 1. The van der Waals surface area contributed by atoms with Gasteiger partial charge in [0.1, 0.15) is 0 Å². The van der Waals surface area contributed by atoms with Crippen LogP contribution in [0.2, 0.25) is 0 Å². The first-order chi connectivity index (χ1) is 13.8. The Morgan fingerprint density at radius 3 is 2.61 bits per heavy atom. The Balaban J connectivity index is 1.22. The average Bonchev–Trinajstić information content (AvgIpc) is 3.24. The number of rotatable bonds is 6. The van der Waals surface area contributed by atoms with Gasteiger partial charge < -0.3 is 14.7 Å². The minimum atomic E-state index is 0.0162. The van der Waals surface area contributed by atoms with Crippen LogP contribution in [0.25, 0.3) is 11.4 Å². The molecule has 3 aromatic rings. The zero-order valence-corrected chi connectivity index (χ0v) is 15.5. The van der Waals surface area contributed by atoms with Gasteiger partial charge in [0.2, 0.25) is 23.6 Å². The summed E-state index contributed by atoms with van der Waals surface area (Å²) in [5.41, 5.74) is 0.913. The lowest BCUT2D eigenvalue weighted by Crippen LogP contribution is -2.41. The maximum absolute atomic E-state index is 12.4. The van der Waals surface area contributed by atoms with E-state index in [9.17, 15) is 4.79 Å². The molecule has 1 amide bonds. The van der Waals surface area contributed by atoms with Crippen LogP contribution in [-0.2, 0) is 11.2 Å². The molecule has 1 aromatic carbocycles. The Labute approximate surface area is 163 Å². The Morgan fingerprint density at radius 1 is 1.11 bits per heavy atom. The molecular formula is C20H22N6O2. The van der Waals surface area contributed by atoms with Crippen LogP contribution in [0.5, 0.6) is 0 Å². The fourth-order valence-electron chi connectivity index (χ4n) is 3.29. The summed E-state index contributed by atoms with van der Waals surface area (Å²) in [7, 11) is 0. The van der Waals surface area contributed by atoms with E-state index in [1.54, 1.807) is 18.5 Å². The zero-order valence-electron chi connectivity index (χ0n) is 15.5. The highest BCUT2D eigenvalue weighted by Gasteiger charge is 2.25. The van der Waals surface area contributed by atoms with Crippen molar-refractivity contribution in [1.82, 2.24) is 25.4 Å². The molecule has 1 saturated heterocycles. The normalized spacial score (nSPS) is 14.8. The van der Waals surface area contributed by atoms with Crippen LogP contribution in [0.15, 0.2) is 53.3 Å². The van der Waals surface area contributed by atoms with Crippen molar-refractivity contribution in [3.05, 3.63) is 54.7 Å². The van der Waals surface area contributed by atoms with E-state index in [1.807, 2.05) is 30.3 Å². The van der Waals surface area contributed by atoms with Crippen LogP contribution < -0.4 is 10.2 Å². The Bertz CT molecular complexity index is 891. The summed E-state index contributed by atoms with van der Waals surface area (Å²) in [6.07, 6.45) is 5.58. The number of carbonyl (C=O) groups is 1. The molecule has 0 spiro atoms. The van der Waals surface area contributed by atoms with Crippen LogP contribution in [0.1, 0.15) is 18.7 Å². The van der Waals surface area contributed by atoms with Crippen LogP contribution in [0.3, 0.4) is 0 Å². The second-order valence-corrected chi connectivity index (χ2v) is 6.73. The molecule has 0 aliphatic carbocycles. The fourth-order valence-corrected chi connectivity index (χ4v) is 3.29. The van der Waals surface area contributed by atoms with Crippen LogP contribution in [-0.4, -0.2) is 45.7 Å². The summed E-state index contributed by atoms with van der Waals surface area (Å²) < 4.78 is 5.28. The smallest absolute Gasteiger partial charge is 0.228 e. The van der Waals surface area contributed by atoms with Crippen LogP contribution in [0, 0.1) is 5.92 Å². The quantitative estimate of drug-likeness (QED) is 0.701. The van der Waals surface area contributed by atoms with Crippen LogP contribution in [0.4, 0.5) is 5.95 Å². The number of piperidine rings is 1. The van der Waals surface area contributed by atoms with E-state index in [2.05, 4.69) is 30.3 Å². The first-order valence-electron chi connectivity index (χ1n) is 9.47. The predicted octanol–water partition coefficient (Wildman–Crippen LogP) is 2.10. The monoisotopic (exact) mass is 378 g/mol. The Morgan fingerprint density at radius 2 is 1.86 bits per heavy atom. The molecule has 4 rings (SSSR count). The second kappa shape index (κ2) is 8.60. The van der Waals surface area contributed by atoms with E-state index < -0.39 is 0 Å². The molecule has 0 saturated carbocycles. The van der Waals surface area contributed by atoms with Crippen molar-refractivity contribution in [1.29, 1.82) is 0 Å². The molecule has 1 fully saturated rings. The summed E-state index contributed by atoms with van der Waals surface area (Å²) >= 11 is 0. The molecule has 2 aromatic heterocycles. The number of hydrogen-bond acceptors (Lipinski definition) is 7. The fraction of sp³-hybridized carbons (Fsp3) is 0.350. The minimum Gasteiger partial charge on any atom is -0.355 e. The lowest BCUT2D eigenvalue weighted by molar-refractivity contribution is -0.125. The zero-order chi connectivity index (χ0) is 19.2. The number of benzene rings is 1. The van der Waals surface area contributed by atoms with E-state index >= 15 is 0 Å². The summed E-state index contributed by atoms with van der Waals surface area (Å²) in [6.45, 7) is 2.05. The number of anilines is 1. The maximum atomic E-state index is 12.4. The van der Waals surface area contributed by atoms with Gasteiger partial charge in [-0.05, 0) is 18.9 Å². The van der Waals surface area contributed by atoms with Crippen molar-refractivity contribution >= 4 is 11.9 Å². The molecule has 1 aliphatic heterocycles. The molecule has 8 nitrogen and oxygen atoms in total. The Hall–Kier alpha value is -3.29. The third-order valence-electron chi connectivity index (χ3n) is 4.84. The van der Waals surface area contributed by atoms with E-state index in [-0.39, 0.29) is 11.8 Å². The van der Waals surface area contributed by atoms with Gasteiger partial charge in [0.05, 0.1) is 0 Å². The minimum absolute atomic E-state index is 0.0162. The highest BCUT2D eigenvalue weighted by Crippen LogP contribution is 2.20. The molecule has 0 radical (unpaired) electrons. The van der Waals surface area contributed by atoms with E-state index in [1.165, 1.54) is 0 Å².